The highest BCUT2D eigenvalue weighted by Gasteiger charge is 2.17. The Labute approximate surface area is 156 Å². The van der Waals surface area contributed by atoms with E-state index in [-0.39, 0.29) is 5.91 Å². The van der Waals surface area contributed by atoms with Crippen molar-refractivity contribution in [2.75, 3.05) is 5.32 Å². The Hall–Kier alpha value is -3.80. The third-order valence-electron chi connectivity index (χ3n) is 4.06. The number of nitrogens with one attached hydrogen (secondary N) is 1. The summed E-state index contributed by atoms with van der Waals surface area (Å²) in [5, 5.41) is 7.33. The van der Waals surface area contributed by atoms with Gasteiger partial charge in [0.1, 0.15) is 5.82 Å². The molecule has 132 valence electrons. The molecule has 6 nitrogen and oxygen atoms in total. The zero-order chi connectivity index (χ0) is 18.6. The Morgan fingerprint density at radius 3 is 2.59 bits per heavy atom. The Kier molecular flexibility index (Phi) is 4.45. The molecule has 0 spiro atoms. The number of aryl methyl sites for hydroxylation is 1. The third-order valence-corrected chi connectivity index (χ3v) is 4.06. The molecule has 0 unspecified atom stereocenters. The van der Waals surface area contributed by atoms with Crippen LogP contribution in [0.25, 0.3) is 16.9 Å². The molecule has 1 amide bonds. The number of aromatic nitrogens is 4. The maximum absolute atomic E-state index is 12.7. The van der Waals surface area contributed by atoms with Crippen molar-refractivity contribution in [3.8, 4) is 16.9 Å². The highest BCUT2D eigenvalue weighted by atomic mass is 16.2. The lowest BCUT2D eigenvalue weighted by Crippen LogP contribution is -2.14. The van der Waals surface area contributed by atoms with E-state index >= 15 is 0 Å². The molecule has 4 aromatic rings. The van der Waals surface area contributed by atoms with Gasteiger partial charge >= 0.3 is 0 Å². The van der Waals surface area contributed by atoms with Crippen molar-refractivity contribution in [1.82, 2.24) is 19.7 Å². The Morgan fingerprint density at radius 2 is 1.85 bits per heavy atom. The summed E-state index contributed by atoms with van der Waals surface area (Å²) >= 11 is 0. The molecule has 0 radical (unpaired) electrons. The maximum atomic E-state index is 12.7. The predicted molar refractivity (Wildman–Crippen MR) is 104 cm³/mol. The fraction of sp³-hybridized carbons (Fsp3) is 0.0476. The second kappa shape index (κ2) is 7.21. The van der Waals surface area contributed by atoms with E-state index in [1.54, 1.807) is 29.3 Å². The van der Waals surface area contributed by atoms with Crippen LogP contribution in [0.4, 0.5) is 5.82 Å². The Balaban J connectivity index is 1.74. The fourth-order valence-electron chi connectivity index (χ4n) is 2.76. The smallest absolute Gasteiger partial charge is 0.277 e. The first-order valence-electron chi connectivity index (χ1n) is 8.50. The van der Waals surface area contributed by atoms with Gasteiger partial charge in [0.05, 0.1) is 11.4 Å². The summed E-state index contributed by atoms with van der Waals surface area (Å²) in [5.74, 6) is 0.185. The van der Waals surface area contributed by atoms with Gasteiger partial charge in [-0.05, 0) is 55.0 Å². The summed E-state index contributed by atoms with van der Waals surface area (Å²) in [7, 11) is 0. The lowest BCUT2D eigenvalue weighted by atomic mass is 10.2. The first kappa shape index (κ1) is 16.7. The number of benzene rings is 1. The van der Waals surface area contributed by atoms with Gasteiger partial charge in [-0.3, -0.25) is 9.78 Å². The number of hydrogen-bond acceptors (Lipinski definition) is 4. The molecule has 27 heavy (non-hydrogen) atoms. The van der Waals surface area contributed by atoms with Gasteiger partial charge in [0.15, 0.2) is 5.69 Å². The minimum absolute atomic E-state index is 0.306. The van der Waals surface area contributed by atoms with Crippen LogP contribution in [0, 0.1) is 6.92 Å². The van der Waals surface area contributed by atoms with Crippen LogP contribution < -0.4 is 5.32 Å². The largest absolute Gasteiger partial charge is 0.305 e. The van der Waals surface area contributed by atoms with Gasteiger partial charge in [0, 0.05) is 24.2 Å². The number of amides is 1. The van der Waals surface area contributed by atoms with Gasteiger partial charge in [-0.1, -0.05) is 18.2 Å². The summed E-state index contributed by atoms with van der Waals surface area (Å²) in [5.41, 5.74) is 3.86. The number of carbonyl (C=O) groups is 1. The molecule has 0 saturated carbocycles. The quantitative estimate of drug-likeness (QED) is 0.603. The van der Waals surface area contributed by atoms with Crippen molar-refractivity contribution in [3.05, 3.63) is 90.5 Å². The molecule has 1 N–H and O–H groups in total. The second-order valence-corrected chi connectivity index (χ2v) is 6.08. The van der Waals surface area contributed by atoms with E-state index < -0.39 is 0 Å². The van der Waals surface area contributed by atoms with Gasteiger partial charge in [0.25, 0.3) is 5.91 Å². The molecular formula is C21H17N5O. The van der Waals surface area contributed by atoms with E-state index in [1.165, 1.54) is 0 Å². The molecule has 0 atom stereocenters. The van der Waals surface area contributed by atoms with Crippen molar-refractivity contribution in [1.29, 1.82) is 0 Å². The molecule has 0 aliphatic heterocycles. The van der Waals surface area contributed by atoms with E-state index in [9.17, 15) is 4.79 Å². The molecule has 6 heteroatoms. The van der Waals surface area contributed by atoms with Gasteiger partial charge in [-0.2, -0.15) is 5.10 Å². The van der Waals surface area contributed by atoms with E-state index in [1.807, 2.05) is 61.5 Å². The zero-order valence-electron chi connectivity index (χ0n) is 14.7. The standard InChI is InChI=1S/C21H17N5O/c1-15-9-11-23-20(12-15)24-21(27)18-13-19(16-6-5-10-22-14-16)26(25-18)17-7-3-2-4-8-17/h2-14H,1H3,(H,23,24,27). The van der Waals surface area contributed by atoms with Gasteiger partial charge < -0.3 is 5.32 Å². The minimum atomic E-state index is -0.312. The van der Waals surface area contributed by atoms with Crippen molar-refractivity contribution in [2.45, 2.75) is 6.92 Å². The molecule has 0 aliphatic rings. The van der Waals surface area contributed by atoms with Gasteiger partial charge in [0.2, 0.25) is 0 Å². The van der Waals surface area contributed by atoms with Crippen molar-refractivity contribution >= 4 is 11.7 Å². The molecule has 0 fully saturated rings. The topological polar surface area (TPSA) is 72.7 Å². The lowest BCUT2D eigenvalue weighted by Gasteiger charge is -2.06. The van der Waals surface area contributed by atoms with Crippen molar-refractivity contribution in [2.24, 2.45) is 0 Å². The molecule has 1 aromatic carbocycles. The number of anilines is 1. The summed E-state index contributed by atoms with van der Waals surface area (Å²) in [6.07, 6.45) is 5.12. The number of carbonyl (C=O) groups excluding carboxylic acids is 1. The monoisotopic (exact) mass is 355 g/mol. The molecule has 3 heterocycles. The number of pyridine rings is 2. The minimum Gasteiger partial charge on any atom is -0.305 e. The predicted octanol–water partition coefficient (Wildman–Crippen LogP) is 3.89. The van der Waals surface area contributed by atoms with Crippen LogP contribution >= 0.6 is 0 Å². The van der Waals surface area contributed by atoms with Gasteiger partial charge in [-0.25, -0.2) is 9.67 Å². The highest BCUT2D eigenvalue weighted by Crippen LogP contribution is 2.23. The zero-order valence-corrected chi connectivity index (χ0v) is 14.7. The van der Waals surface area contributed by atoms with Crippen LogP contribution in [0.5, 0.6) is 0 Å². The van der Waals surface area contributed by atoms with Crippen LogP contribution in [0.2, 0.25) is 0 Å². The summed E-state index contributed by atoms with van der Waals surface area (Å²) < 4.78 is 1.75. The normalized spacial score (nSPS) is 10.6. The van der Waals surface area contributed by atoms with Crippen LogP contribution in [0.3, 0.4) is 0 Å². The van der Waals surface area contributed by atoms with Crippen LogP contribution in [0.15, 0.2) is 79.3 Å². The first-order valence-corrected chi connectivity index (χ1v) is 8.50. The molecular weight excluding hydrogens is 338 g/mol. The molecule has 4 rings (SSSR count). The average molecular weight is 355 g/mol. The van der Waals surface area contributed by atoms with Crippen LogP contribution in [-0.4, -0.2) is 25.7 Å². The number of para-hydroxylation sites is 1. The molecule has 0 saturated heterocycles. The highest BCUT2D eigenvalue weighted by molar-refractivity contribution is 6.03. The van der Waals surface area contributed by atoms with E-state index in [0.717, 1.165) is 22.5 Å². The SMILES string of the molecule is Cc1ccnc(NC(=O)c2cc(-c3cccnc3)n(-c3ccccc3)n2)c1. The number of rotatable bonds is 4. The molecule has 3 aromatic heterocycles. The van der Waals surface area contributed by atoms with E-state index in [0.29, 0.717) is 11.5 Å². The van der Waals surface area contributed by atoms with Crippen LogP contribution in [-0.2, 0) is 0 Å². The fourth-order valence-corrected chi connectivity index (χ4v) is 2.76. The lowest BCUT2D eigenvalue weighted by molar-refractivity contribution is 0.102. The van der Waals surface area contributed by atoms with Crippen molar-refractivity contribution in [3.63, 3.8) is 0 Å². The Morgan fingerprint density at radius 1 is 1.00 bits per heavy atom. The van der Waals surface area contributed by atoms with Crippen LogP contribution in [0.1, 0.15) is 16.1 Å². The Bertz CT molecular complexity index is 1020. The van der Waals surface area contributed by atoms with E-state index in [4.69, 9.17) is 0 Å². The maximum Gasteiger partial charge on any atom is 0.277 e. The molecule has 0 aliphatic carbocycles. The summed E-state index contributed by atoms with van der Waals surface area (Å²) in [4.78, 5) is 21.1. The number of nitrogens with zero attached hydrogens (tertiary/aromatic N) is 4. The average Bonchev–Trinajstić information content (AvgIpc) is 3.15. The summed E-state index contributed by atoms with van der Waals surface area (Å²) in [6.45, 7) is 1.95. The summed E-state index contributed by atoms with van der Waals surface area (Å²) in [6, 6.07) is 18.9. The first-order chi connectivity index (χ1) is 13.2. The third kappa shape index (κ3) is 3.59. The molecule has 0 bridgehead atoms. The van der Waals surface area contributed by atoms with Crippen molar-refractivity contribution < 1.29 is 4.79 Å². The number of hydrogen-bond donors (Lipinski definition) is 1. The van der Waals surface area contributed by atoms with Gasteiger partial charge in [-0.15, -0.1) is 0 Å². The van der Waals surface area contributed by atoms with E-state index in [2.05, 4.69) is 20.4 Å². The second-order valence-electron chi connectivity index (χ2n) is 6.08.